The molecule has 0 heterocycles. The molecule has 266 valence electrons. The van der Waals surface area contributed by atoms with Crippen molar-refractivity contribution in [1.82, 2.24) is 5.32 Å². The summed E-state index contributed by atoms with van der Waals surface area (Å²) in [6, 6.07) is 13.7. The Kier molecular flexibility index (Phi) is 15.2. The zero-order chi connectivity index (χ0) is 36.8. The predicted molar refractivity (Wildman–Crippen MR) is 183 cm³/mol. The monoisotopic (exact) mass is 680 g/mol. The smallest absolute Gasteiger partial charge is 0.407 e. The van der Waals surface area contributed by atoms with Gasteiger partial charge in [-0.2, -0.15) is 0 Å². The SMILES string of the molecule is C=CCOC(=O)[C@@H](N)CC(=O)OC(C)(C)C.C=CCOC(=O)[C@H](CC(=O)OC(C)(C)C)NC(=O)OCC1c2ccccc2-c2ccccc21. The zero-order valence-electron chi connectivity index (χ0n) is 29.1. The van der Waals surface area contributed by atoms with E-state index in [-0.39, 0.29) is 38.6 Å². The van der Waals surface area contributed by atoms with Gasteiger partial charge in [-0.25, -0.2) is 9.59 Å². The number of carbonyl (C=O) groups excluding carboxylic acids is 5. The van der Waals surface area contributed by atoms with Crippen LogP contribution in [0.2, 0.25) is 0 Å². The van der Waals surface area contributed by atoms with Gasteiger partial charge < -0.3 is 34.7 Å². The van der Waals surface area contributed by atoms with Gasteiger partial charge in [0, 0.05) is 5.92 Å². The number of benzene rings is 2. The highest BCUT2D eigenvalue weighted by atomic mass is 16.6. The first-order chi connectivity index (χ1) is 23.0. The molecule has 2 atom stereocenters. The van der Waals surface area contributed by atoms with Gasteiger partial charge in [-0.05, 0) is 63.8 Å². The lowest BCUT2D eigenvalue weighted by Gasteiger charge is -2.22. The van der Waals surface area contributed by atoms with Crippen LogP contribution in [-0.2, 0) is 42.9 Å². The Bertz CT molecular complexity index is 1440. The molecule has 49 heavy (non-hydrogen) atoms. The summed E-state index contributed by atoms with van der Waals surface area (Å²) < 4.78 is 25.5. The first-order valence-electron chi connectivity index (χ1n) is 15.8. The number of alkyl carbamates (subject to hydrolysis) is 1. The number of fused-ring (bicyclic) bond motifs is 3. The lowest BCUT2D eigenvalue weighted by atomic mass is 9.98. The molecule has 2 aromatic carbocycles. The van der Waals surface area contributed by atoms with Crippen LogP contribution in [-0.4, -0.2) is 73.1 Å². The van der Waals surface area contributed by atoms with Gasteiger partial charge in [-0.15, -0.1) is 0 Å². The van der Waals surface area contributed by atoms with Crippen molar-refractivity contribution in [2.24, 2.45) is 5.73 Å². The fourth-order valence-corrected chi connectivity index (χ4v) is 4.66. The maximum Gasteiger partial charge on any atom is 0.407 e. The van der Waals surface area contributed by atoms with E-state index in [2.05, 4.69) is 18.5 Å². The van der Waals surface area contributed by atoms with Crippen molar-refractivity contribution >= 4 is 30.0 Å². The molecular formula is C37H48N2O10. The highest BCUT2D eigenvalue weighted by Crippen LogP contribution is 2.44. The van der Waals surface area contributed by atoms with Gasteiger partial charge in [-0.3, -0.25) is 14.4 Å². The molecule has 0 aromatic heterocycles. The molecule has 3 N–H and O–H groups in total. The van der Waals surface area contributed by atoms with Crippen molar-refractivity contribution in [2.45, 2.75) is 83.6 Å². The molecule has 1 aliphatic rings. The van der Waals surface area contributed by atoms with Crippen LogP contribution in [0.4, 0.5) is 4.79 Å². The van der Waals surface area contributed by atoms with E-state index in [1.807, 2.05) is 48.5 Å². The molecule has 0 unspecified atom stereocenters. The van der Waals surface area contributed by atoms with Gasteiger partial charge in [0.05, 0.1) is 12.8 Å². The van der Waals surface area contributed by atoms with Crippen LogP contribution in [0, 0.1) is 0 Å². The minimum Gasteiger partial charge on any atom is -0.460 e. The molecule has 0 saturated heterocycles. The van der Waals surface area contributed by atoms with Crippen LogP contribution in [0.25, 0.3) is 11.1 Å². The fourth-order valence-electron chi connectivity index (χ4n) is 4.66. The van der Waals surface area contributed by atoms with Gasteiger partial charge in [0.15, 0.2) is 0 Å². The Morgan fingerprint density at radius 2 is 1.18 bits per heavy atom. The molecule has 0 aliphatic heterocycles. The van der Waals surface area contributed by atoms with E-state index in [9.17, 15) is 24.0 Å². The van der Waals surface area contributed by atoms with Crippen LogP contribution < -0.4 is 11.1 Å². The van der Waals surface area contributed by atoms with Gasteiger partial charge in [0.1, 0.15) is 43.1 Å². The Morgan fingerprint density at radius 1 is 0.735 bits per heavy atom. The second kappa shape index (κ2) is 18.5. The number of esters is 4. The molecule has 0 fully saturated rings. The molecule has 0 saturated carbocycles. The molecular weight excluding hydrogens is 632 g/mol. The third-order valence-electron chi connectivity index (χ3n) is 6.51. The third-order valence-corrected chi connectivity index (χ3v) is 6.51. The van der Waals surface area contributed by atoms with E-state index in [0.717, 1.165) is 22.3 Å². The van der Waals surface area contributed by atoms with Gasteiger partial charge in [-0.1, -0.05) is 73.8 Å². The third kappa shape index (κ3) is 14.0. The highest BCUT2D eigenvalue weighted by molar-refractivity contribution is 5.86. The first kappa shape index (κ1) is 40.2. The number of rotatable bonds is 13. The molecule has 0 radical (unpaired) electrons. The maximum absolute atomic E-state index is 12.6. The summed E-state index contributed by atoms with van der Waals surface area (Å²) in [5, 5.41) is 2.44. The molecule has 0 spiro atoms. The largest absolute Gasteiger partial charge is 0.460 e. The minimum atomic E-state index is -1.24. The van der Waals surface area contributed by atoms with Gasteiger partial charge in [0.25, 0.3) is 0 Å². The van der Waals surface area contributed by atoms with Gasteiger partial charge >= 0.3 is 30.0 Å². The number of hydrogen-bond donors (Lipinski definition) is 2. The van der Waals surface area contributed by atoms with Crippen molar-refractivity contribution in [2.75, 3.05) is 19.8 Å². The number of nitrogens with two attached hydrogens (primary N) is 1. The normalized spacial score (nSPS) is 13.1. The number of carbonyl (C=O) groups is 5. The van der Waals surface area contributed by atoms with Crippen molar-refractivity contribution in [3.8, 4) is 11.1 Å². The van der Waals surface area contributed by atoms with E-state index in [0.29, 0.717) is 0 Å². The van der Waals surface area contributed by atoms with Crippen LogP contribution in [0.5, 0.6) is 0 Å². The first-order valence-corrected chi connectivity index (χ1v) is 15.8. The van der Waals surface area contributed by atoms with Crippen molar-refractivity contribution < 1.29 is 47.7 Å². The fraction of sp³-hybridized carbons (Fsp3) is 0.432. The van der Waals surface area contributed by atoms with E-state index in [1.54, 1.807) is 41.5 Å². The topological polar surface area (TPSA) is 170 Å². The van der Waals surface area contributed by atoms with E-state index >= 15 is 0 Å². The summed E-state index contributed by atoms with van der Waals surface area (Å²) in [7, 11) is 0. The van der Waals surface area contributed by atoms with Crippen LogP contribution >= 0.6 is 0 Å². The summed E-state index contributed by atoms with van der Waals surface area (Å²) in [5.74, 6) is -2.68. The number of amides is 1. The van der Waals surface area contributed by atoms with Crippen LogP contribution in [0.3, 0.4) is 0 Å². The molecule has 12 nitrogen and oxygen atoms in total. The molecule has 12 heteroatoms. The lowest BCUT2D eigenvalue weighted by molar-refractivity contribution is -0.159. The van der Waals surface area contributed by atoms with Crippen LogP contribution in [0.1, 0.15) is 71.4 Å². The standard InChI is InChI=1S/C26H29NO6.C11H19NO4/c1-5-14-31-24(29)22(15-23(28)33-26(2,3)4)27-25(30)32-16-21-19-12-8-6-10-17(19)18-11-7-9-13-20(18)21;1-5-6-15-10(14)8(12)7-9(13)16-11(2,3)4/h5-13,21-22H,1,14-16H2,2-4H3,(H,27,30);5,8H,1,6-7,12H2,2-4H3/t22-;8-/m00/s1. The second-order valence-electron chi connectivity index (χ2n) is 13.0. The molecule has 2 aromatic rings. The Labute approximate surface area is 287 Å². The number of ether oxygens (including phenoxy) is 5. The van der Waals surface area contributed by atoms with Crippen molar-refractivity contribution in [1.29, 1.82) is 0 Å². The molecule has 1 aliphatic carbocycles. The summed E-state index contributed by atoms with van der Waals surface area (Å²) in [5.41, 5.74) is 8.52. The van der Waals surface area contributed by atoms with Crippen LogP contribution in [0.15, 0.2) is 73.8 Å². The van der Waals surface area contributed by atoms with Gasteiger partial charge in [0.2, 0.25) is 0 Å². The zero-order valence-corrected chi connectivity index (χ0v) is 29.1. The van der Waals surface area contributed by atoms with Crippen molar-refractivity contribution in [3.63, 3.8) is 0 Å². The highest BCUT2D eigenvalue weighted by Gasteiger charge is 2.32. The molecule has 1 amide bonds. The molecule has 0 bridgehead atoms. The summed E-state index contributed by atoms with van der Waals surface area (Å²) in [4.78, 5) is 59.7. The second-order valence-corrected chi connectivity index (χ2v) is 13.0. The average molecular weight is 681 g/mol. The summed E-state index contributed by atoms with van der Waals surface area (Å²) in [6.45, 7) is 17.4. The molecule has 3 rings (SSSR count). The number of hydrogen-bond acceptors (Lipinski definition) is 11. The summed E-state index contributed by atoms with van der Waals surface area (Å²) in [6.07, 6.45) is 1.44. The minimum absolute atomic E-state index is 0.0456. The Morgan fingerprint density at radius 3 is 1.65 bits per heavy atom. The lowest BCUT2D eigenvalue weighted by Crippen LogP contribution is -2.44. The number of nitrogens with one attached hydrogen (secondary N) is 1. The van der Waals surface area contributed by atoms with E-state index < -0.39 is 53.3 Å². The Hall–Kier alpha value is -4.97. The summed E-state index contributed by atoms with van der Waals surface area (Å²) >= 11 is 0. The van der Waals surface area contributed by atoms with E-state index in [1.165, 1.54) is 12.2 Å². The average Bonchev–Trinajstić information content (AvgIpc) is 3.33. The van der Waals surface area contributed by atoms with Crippen molar-refractivity contribution in [3.05, 3.63) is 85.0 Å². The van der Waals surface area contributed by atoms with E-state index in [4.69, 9.17) is 29.4 Å². The predicted octanol–water partition coefficient (Wildman–Crippen LogP) is 5.13. The maximum atomic E-state index is 12.6. The quantitative estimate of drug-likeness (QED) is 0.163. The Balaban J connectivity index is 0.000000440.